The zero-order valence-electron chi connectivity index (χ0n) is 9.84. The fourth-order valence-electron chi connectivity index (χ4n) is 1.29. The maximum atomic E-state index is 11.5. The quantitative estimate of drug-likeness (QED) is 0.865. The van der Waals surface area contributed by atoms with Crippen LogP contribution in [0.25, 0.3) is 0 Å². The van der Waals surface area contributed by atoms with E-state index < -0.39 is 0 Å². The van der Waals surface area contributed by atoms with Crippen molar-refractivity contribution in [2.75, 3.05) is 11.9 Å². The van der Waals surface area contributed by atoms with E-state index in [4.69, 9.17) is 11.6 Å². The molecule has 0 saturated heterocycles. The van der Waals surface area contributed by atoms with Crippen LogP contribution in [0.4, 0.5) is 5.69 Å². The van der Waals surface area contributed by atoms with Crippen LogP contribution in [0.1, 0.15) is 18.9 Å². The van der Waals surface area contributed by atoms with Crippen LogP contribution in [0.3, 0.4) is 0 Å². The van der Waals surface area contributed by atoms with E-state index in [1.165, 1.54) is 6.92 Å². The predicted octanol–water partition coefficient (Wildman–Crippen LogP) is 2.11. The molecule has 0 aromatic heterocycles. The van der Waals surface area contributed by atoms with Gasteiger partial charge in [0.1, 0.15) is 0 Å². The number of nitrogens with one attached hydrogen (secondary N) is 2. The third-order valence-corrected chi connectivity index (χ3v) is 2.44. The molecule has 0 radical (unpaired) electrons. The van der Waals surface area contributed by atoms with Crippen molar-refractivity contribution in [2.24, 2.45) is 0 Å². The molecule has 5 heteroatoms. The van der Waals surface area contributed by atoms with Gasteiger partial charge >= 0.3 is 0 Å². The van der Waals surface area contributed by atoms with Crippen LogP contribution in [-0.4, -0.2) is 18.4 Å². The normalized spacial score (nSPS) is 9.82. The number of carbonyl (C=O) groups is 2. The molecule has 0 bridgehead atoms. The van der Waals surface area contributed by atoms with Gasteiger partial charge < -0.3 is 10.6 Å². The lowest BCUT2D eigenvalue weighted by atomic mass is 10.2. The standard InChI is InChI=1S/C12H15ClN2O2/c1-8-3-4-11(10(13)7-8)15-12(17)5-6-14-9(2)16/h3-4,7H,5-6H2,1-2H3,(H,14,16)(H,15,17). The summed E-state index contributed by atoms with van der Waals surface area (Å²) in [6, 6.07) is 5.41. The minimum Gasteiger partial charge on any atom is -0.356 e. The van der Waals surface area contributed by atoms with Gasteiger partial charge in [0.15, 0.2) is 0 Å². The summed E-state index contributed by atoms with van der Waals surface area (Å²) < 4.78 is 0. The molecule has 0 aliphatic heterocycles. The Labute approximate surface area is 105 Å². The summed E-state index contributed by atoms with van der Waals surface area (Å²) in [6.07, 6.45) is 0.226. The van der Waals surface area contributed by atoms with Crippen molar-refractivity contribution in [1.82, 2.24) is 5.32 Å². The second-order valence-electron chi connectivity index (χ2n) is 3.76. The molecule has 0 heterocycles. The van der Waals surface area contributed by atoms with E-state index in [0.29, 0.717) is 17.3 Å². The SMILES string of the molecule is CC(=O)NCCC(=O)Nc1ccc(C)cc1Cl. The summed E-state index contributed by atoms with van der Waals surface area (Å²) in [5.41, 5.74) is 1.62. The molecule has 0 atom stereocenters. The van der Waals surface area contributed by atoms with Gasteiger partial charge in [-0.1, -0.05) is 17.7 Å². The van der Waals surface area contributed by atoms with E-state index in [-0.39, 0.29) is 18.2 Å². The molecular formula is C12H15ClN2O2. The van der Waals surface area contributed by atoms with E-state index in [9.17, 15) is 9.59 Å². The molecule has 1 aromatic rings. The fourth-order valence-corrected chi connectivity index (χ4v) is 1.57. The Bertz CT molecular complexity index is 433. The van der Waals surface area contributed by atoms with Gasteiger partial charge in [0, 0.05) is 19.9 Å². The van der Waals surface area contributed by atoms with Gasteiger partial charge in [-0.3, -0.25) is 9.59 Å². The van der Waals surface area contributed by atoms with Crippen LogP contribution in [0, 0.1) is 6.92 Å². The average molecular weight is 255 g/mol. The third-order valence-electron chi connectivity index (χ3n) is 2.12. The van der Waals surface area contributed by atoms with Crippen molar-refractivity contribution < 1.29 is 9.59 Å². The monoisotopic (exact) mass is 254 g/mol. The number of anilines is 1. The molecule has 4 nitrogen and oxygen atoms in total. The minimum atomic E-state index is -0.176. The van der Waals surface area contributed by atoms with E-state index in [0.717, 1.165) is 5.56 Å². The second kappa shape index (κ2) is 6.25. The summed E-state index contributed by atoms with van der Waals surface area (Å²) in [4.78, 5) is 22.1. The Hall–Kier alpha value is -1.55. The molecule has 0 aliphatic rings. The number of hydrogen-bond acceptors (Lipinski definition) is 2. The summed E-state index contributed by atoms with van der Waals surface area (Å²) in [6.45, 7) is 3.66. The van der Waals surface area contributed by atoms with Gasteiger partial charge in [0.2, 0.25) is 11.8 Å². The largest absolute Gasteiger partial charge is 0.356 e. The average Bonchev–Trinajstić information content (AvgIpc) is 2.21. The zero-order valence-corrected chi connectivity index (χ0v) is 10.6. The summed E-state index contributed by atoms with van der Waals surface area (Å²) >= 11 is 5.97. The molecule has 1 rings (SSSR count). The fraction of sp³-hybridized carbons (Fsp3) is 0.333. The third kappa shape index (κ3) is 4.87. The lowest BCUT2D eigenvalue weighted by Crippen LogP contribution is -2.25. The van der Waals surface area contributed by atoms with Crippen LogP contribution < -0.4 is 10.6 Å². The van der Waals surface area contributed by atoms with E-state index >= 15 is 0 Å². The first-order valence-corrected chi connectivity index (χ1v) is 5.67. The second-order valence-corrected chi connectivity index (χ2v) is 4.17. The number of benzene rings is 1. The molecule has 0 saturated carbocycles. The van der Waals surface area contributed by atoms with Crippen molar-refractivity contribution >= 4 is 29.1 Å². The van der Waals surface area contributed by atoms with Gasteiger partial charge in [0.05, 0.1) is 10.7 Å². The predicted molar refractivity (Wildman–Crippen MR) is 68.1 cm³/mol. The lowest BCUT2D eigenvalue weighted by Gasteiger charge is -2.08. The molecule has 17 heavy (non-hydrogen) atoms. The van der Waals surface area contributed by atoms with Gasteiger partial charge in [-0.05, 0) is 24.6 Å². The van der Waals surface area contributed by atoms with Gasteiger partial charge in [0.25, 0.3) is 0 Å². The highest BCUT2D eigenvalue weighted by molar-refractivity contribution is 6.33. The summed E-state index contributed by atoms with van der Waals surface area (Å²) in [5, 5.41) is 5.75. The number of hydrogen-bond donors (Lipinski definition) is 2. The smallest absolute Gasteiger partial charge is 0.226 e. The number of rotatable bonds is 4. The molecule has 0 unspecified atom stereocenters. The van der Waals surface area contributed by atoms with E-state index in [1.54, 1.807) is 12.1 Å². The topological polar surface area (TPSA) is 58.2 Å². The molecule has 2 amide bonds. The van der Waals surface area contributed by atoms with Crippen LogP contribution in [-0.2, 0) is 9.59 Å². The minimum absolute atomic E-state index is 0.147. The Kier molecular flexibility index (Phi) is 4.97. The first-order chi connectivity index (χ1) is 7.99. The Morgan fingerprint density at radius 2 is 2.06 bits per heavy atom. The maximum absolute atomic E-state index is 11.5. The number of carbonyl (C=O) groups excluding carboxylic acids is 2. The van der Waals surface area contributed by atoms with Crippen molar-refractivity contribution in [1.29, 1.82) is 0 Å². The van der Waals surface area contributed by atoms with Crippen molar-refractivity contribution in [3.05, 3.63) is 28.8 Å². The Balaban J connectivity index is 2.48. The summed E-state index contributed by atoms with van der Waals surface area (Å²) in [5.74, 6) is -0.323. The molecule has 0 aliphatic carbocycles. The lowest BCUT2D eigenvalue weighted by molar-refractivity contribution is -0.119. The first kappa shape index (κ1) is 13.5. The van der Waals surface area contributed by atoms with Gasteiger partial charge in [-0.15, -0.1) is 0 Å². The van der Waals surface area contributed by atoms with Crippen molar-refractivity contribution in [3.8, 4) is 0 Å². The van der Waals surface area contributed by atoms with Gasteiger partial charge in [-0.25, -0.2) is 0 Å². The number of halogens is 1. The molecule has 0 fully saturated rings. The Morgan fingerprint density at radius 1 is 1.35 bits per heavy atom. The van der Waals surface area contributed by atoms with Crippen molar-refractivity contribution in [3.63, 3.8) is 0 Å². The highest BCUT2D eigenvalue weighted by atomic mass is 35.5. The van der Waals surface area contributed by atoms with Crippen LogP contribution in [0.5, 0.6) is 0 Å². The van der Waals surface area contributed by atoms with Gasteiger partial charge in [-0.2, -0.15) is 0 Å². The van der Waals surface area contributed by atoms with E-state index in [1.807, 2.05) is 13.0 Å². The van der Waals surface area contributed by atoms with Crippen LogP contribution in [0.15, 0.2) is 18.2 Å². The number of aryl methyl sites for hydroxylation is 1. The molecule has 0 spiro atoms. The van der Waals surface area contributed by atoms with Crippen LogP contribution >= 0.6 is 11.6 Å². The van der Waals surface area contributed by atoms with E-state index in [2.05, 4.69) is 10.6 Å². The maximum Gasteiger partial charge on any atom is 0.226 e. The van der Waals surface area contributed by atoms with Crippen molar-refractivity contribution in [2.45, 2.75) is 20.3 Å². The highest BCUT2D eigenvalue weighted by Gasteiger charge is 2.05. The summed E-state index contributed by atoms with van der Waals surface area (Å²) in [7, 11) is 0. The molecular weight excluding hydrogens is 240 g/mol. The number of amides is 2. The highest BCUT2D eigenvalue weighted by Crippen LogP contribution is 2.22. The molecule has 1 aromatic carbocycles. The van der Waals surface area contributed by atoms with Crippen LogP contribution in [0.2, 0.25) is 5.02 Å². The first-order valence-electron chi connectivity index (χ1n) is 5.29. The molecule has 92 valence electrons. The zero-order chi connectivity index (χ0) is 12.8. The molecule has 2 N–H and O–H groups in total. The Morgan fingerprint density at radius 3 is 2.65 bits per heavy atom.